The zero-order valence-electron chi connectivity index (χ0n) is 20.4. The minimum Gasteiger partial charge on any atom is -0.478 e. The lowest BCUT2D eigenvalue weighted by atomic mass is 9.83. The van der Waals surface area contributed by atoms with Gasteiger partial charge in [0.25, 0.3) is 5.56 Å². The van der Waals surface area contributed by atoms with Crippen molar-refractivity contribution in [2.75, 3.05) is 32.8 Å². The maximum atomic E-state index is 13.3. The molecule has 0 aliphatic carbocycles. The van der Waals surface area contributed by atoms with Crippen molar-refractivity contribution in [3.05, 3.63) is 86.1 Å². The van der Waals surface area contributed by atoms with Crippen LogP contribution in [0.3, 0.4) is 0 Å². The van der Waals surface area contributed by atoms with Crippen molar-refractivity contribution in [1.82, 2.24) is 9.78 Å². The molecule has 0 bridgehead atoms. The second-order valence-electron chi connectivity index (χ2n) is 8.53. The number of hydrogen-bond donors (Lipinski definition) is 1. The first-order valence-electron chi connectivity index (χ1n) is 11.3. The van der Waals surface area contributed by atoms with Crippen LogP contribution >= 0.6 is 15.9 Å². The Hall–Kier alpha value is -3.72. The van der Waals surface area contributed by atoms with E-state index in [9.17, 15) is 14.9 Å². The lowest BCUT2D eigenvalue weighted by molar-refractivity contribution is -0.145. The average Bonchev–Trinajstić information content (AvgIpc) is 2.88. The molecule has 1 N–H and O–H groups in total. The number of nitriles is 1. The van der Waals surface area contributed by atoms with E-state index in [0.717, 1.165) is 4.47 Å². The third-order valence-electron chi connectivity index (χ3n) is 5.96. The highest BCUT2D eigenvalue weighted by molar-refractivity contribution is 9.10. The number of methoxy groups -OCH3 is 2. The number of carbonyl (C=O) groups excluding carboxylic acids is 1. The van der Waals surface area contributed by atoms with Crippen LogP contribution in [0.25, 0.3) is 0 Å². The SMILES string of the molecule is COCC1(COC)Oc2ccc(C#N)cc2[C@@H](Nc2ccc(=O)n(C)n2)[C@@H]1OC(=O)c1ccc(Br)cc1. The fourth-order valence-electron chi connectivity index (χ4n) is 4.29. The van der Waals surface area contributed by atoms with Crippen LogP contribution in [0.2, 0.25) is 0 Å². The lowest BCUT2D eigenvalue weighted by Crippen LogP contribution is -2.61. The summed E-state index contributed by atoms with van der Waals surface area (Å²) in [4.78, 5) is 25.3. The van der Waals surface area contributed by atoms with Gasteiger partial charge in [0.05, 0.1) is 36.5 Å². The molecular weight excluding hydrogens is 544 g/mol. The van der Waals surface area contributed by atoms with Crippen LogP contribution in [-0.4, -0.2) is 54.9 Å². The Morgan fingerprint density at radius 3 is 2.49 bits per heavy atom. The number of nitrogens with one attached hydrogen (secondary N) is 1. The summed E-state index contributed by atoms with van der Waals surface area (Å²) in [6.07, 6.45) is -0.996. The number of ether oxygens (including phenoxy) is 4. The fourth-order valence-corrected chi connectivity index (χ4v) is 4.55. The van der Waals surface area contributed by atoms with E-state index in [1.165, 1.54) is 38.1 Å². The zero-order chi connectivity index (χ0) is 26.6. The predicted molar refractivity (Wildman–Crippen MR) is 137 cm³/mol. The normalized spacial score (nSPS) is 17.7. The van der Waals surface area contributed by atoms with Crippen LogP contribution in [0.5, 0.6) is 5.75 Å². The van der Waals surface area contributed by atoms with Gasteiger partial charge in [-0.25, -0.2) is 9.48 Å². The number of aryl methyl sites for hydroxylation is 1. The largest absolute Gasteiger partial charge is 0.478 e. The molecule has 0 spiro atoms. The van der Waals surface area contributed by atoms with Crippen LogP contribution in [-0.2, 0) is 21.3 Å². The molecule has 4 rings (SSSR count). The number of anilines is 1. The molecule has 0 radical (unpaired) electrons. The second kappa shape index (κ2) is 11.1. The van der Waals surface area contributed by atoms with Crippen LogP contribution in [0.15, 0.2) is 63.9 Å². The highest BCUT2D eigenvalue weighted by Crippen LogP contribution is 2.44. The molecule has 0 amide bonds. The van der Waals surface area contributed by atoms with Gasteiger partial charge in [-0.2, -0.15) is 10.4 Å². The second-order valence-corrected chi connectivity index (χ2v) is 9.45. The summed E-state index contributed by atoms with van der Waals surface area (Å²) in [5.74, 6) is 0.236. The highest BCUT2D eigenvalue weighted by Gasteiger charge is 2.53. The average molecular weight is 569 g/mol. The first kappa shape index (κ1) is 26.3. The van der Waals surface area contributed by atoms with Gasteiger partial charge in [-0.05, 0) is 48.5 Å². The monoisotopic (exact) mass is 568 g/mol. The summed E-state index contributed by atoms with van der Waals surface area (Å²) in [5, 5.41) is 17.1. The number of halogens is 1. The van der Waals surface area contributed by atoms with E-state index in [1.807, 2.05) is 0 Å². The van der Waals surface area contributed by atoms with Crippen molar-refractivity contribution in [3.8, 4) is 11.8 Å². The van der Waals surface area contributed by atoms with Gasteiger partial charge < -0.3 is 24.3 Å². The maximum absolute atomic E-state index is 13.3. The van der Waals surface area contributed by atoms with Crippen molar-refractivity contribution in [2.24, 2.45) is 7.05 Å². The molecule has 0 unspecified atom stereocenters. The molecule has 2 atom stereocenters. The Morgan fingerprint density at radius 2 is 1.86 bits per heavy atom. The molecule has 2 aromatic carbocycles. The Kier molecular flexibility index (Phi) is 7.92. The number of fused-ring (bicyclic) bond motifs is 1. The van der Waals surface area contributed by atoms with Gasteiger partial charge in [0.2, 0.25) is 0 Å². The number of esters is 1. The zero-order valence-corrected chi connectivity index (χ0v) is 22.0. The summed E-state index contributed by atoms with van der Waals surface area (Å²) in [6.45, 7) is 0.0505. The molecular formula is C26H25BrN4O6. The quantitative estimate of drug-likeness (QED) is 0.407. The maximum Gasteiger partial charge on any atom is 0.338 e. The van der Waals surface area contributed by atoms with Crippen molar-refractivity contribution in [3.63, 3.8) is 0 Å². The van der Waals surface area contributed by atoms with E-state index in [1.54, 1.807) is 42.5 Å². The van der Waals surface area contributed by atoms with Crippen LogP contribution < -0.4 is 15.6 Å². The molecule has 0 fully saturated rings. The van der Waals surface area contributed by atoms with Gasteiger partial charge in [0.15, 0.2) is 11.7 Å². The van der Waals surface area contributed by atoms with Crippen molar-refractivity contribution in [2.45, 2.75) is 17.7 Å². The van der Waals surface area contributed by atoms with Gasteiger partial charge in [-0.1, -0.05) is 15.9 Å². The molecule has 3 aromatic rings. The van der Waals surface area contributed by atoms with E-state index in [4.69, 9.17) is 18.9 Å². The minimum atomic E-state index is -1.26. The molecule has 10 nitrogen and oxygen atoms in total. The Labute approximate surface area is 221 Å². The first-order chi connectivity index (χ1) is 17.8. The van der Waals surface area contributed by atoms with E-state index in [0.29, 0.717) is 28.3 Å². The predicted octanol–water partition coefficient (Wildman–Crippen LogP) is 3.22. The number of carbonyl (C=O) groups is 1. The Balaban J connectivity index is 1.86. The van der Waals surface area contributed by atoms with Gasteiger partial charge >= 0.3 is 5.97 Å². The topological polar surface area (TPSA) is 125 Å². The van der Waals surface area contributed by atoms with Gasteiger partial charge in [0.1, 0.15) is 11.6 Å². The highest BCUT2D eigenvalue weighted by atomic mass is 79.9. The molecule has 0 saturated carbocycles. The number of aromatic nitrogens is 2. The molecule has 192 valence electrons. The van der Waals surface area contributed by atoms with Crippen LogP contribution in [0.1, 0.15) is 27.5 Å². The number of rotatable bonds is 8. The molecule has 2 heterocycles. The number of benzene rings is 2. The first-order valence-corrected chi connectivity index (χ1v) is 12.1. The van der Waals surface area contributed by atoms with Gasteiger partial charge in [-0.15, -0.1) is 0 Å². The summed E-state index contributed by atoms with van der Waals surface area (Å²) < 4.78 is 25.6. The summed E-state index contributed by atoms with van der Waals surface area (Å²) in [6, 6.07) is 16.1. The van der Waals surface area contributed by atoms with Crippen molar-refractivity contribution < 1.29 is 23.7 Å². The number of hydrogen-bond acceptors (Lipinski definition) is 9. The van der Waals surface area contributed by atoms with E-state index < -0.39 is 23.7 Å². The molecule has 0 saturated heterocycles. The molecule has 1 aromatic heterocycles. The van der Waals surface area contributed by atoms with Gasteiger partial charge in [-0.3, -0.25) is 4.79 Å². The number of nitrogens with zero attached hydrogens (tertiary/aromatic N) is 3. The molecule has 11 heteroatoms. The third kappa shape index (κ3) is 5.51. The summed E-state index contributed by atoms with van der Waals surface area (Å²) in [5.41, 5.74) is -0.232. The van der Waals surface area contributed by atoms with E-state index >= 15 is 0 Å². The summed E-state index contributed by atoms with van der Waals surface area (Å²) in [7, 11) is 4.56. The van der Waals surface area contributed by atoms with E-state index in [2.05, 4.69) is 32.4 Å². The Morgan fingerprint density at radius 1 is 1.16 bits per heavy atom. The summed E-state index contributed by atoms with van der Waals surface area (Å²) >= 11 is 3.37. The third-order valence-corrected chi connectivity index (χ3v) is 6.49. The molecule has 1 aliphatic rings. The lowest BCUT2D eigenvalue weighted by Gasteiger charge is -2.47. The standard InChI is InChI=1S/C26H25BrN4O6/c1-31-22(32)11-10-21(30-31)29-23-19-12-16(13-28)4-9-20(19)37-26(14-34-2,15-35-3)24(23)36-25(33)17-5-7-18(27)8-6-17/h4-12,23-24H,14-15H2,1-3H3,(H,29,30)/t23-,24+/m1/s1. The van der Waals surface area contributed by atoms with E-state index in [-0.39, 0.29) is 18.8 Å². The van der Waals surface area contributed by atoms with Crippen LogP contribution in [0.4, 0.5) is 5.82 Å². The fraction of sp³-hybridized carbons (Fsp3) is 0.308. The minimum absolute atomic E-state index is 0.0252. The smallest absolute Gasteiger partial charge is 0.338 e. The molecule has 37 heavy (non-hydrogen) atoms. The van der Waals surface area contributed by atoms with Gasteiger partial charge in [0, 0.05) is 37.4 Å². The molecule has 1 aliphatic heterocycles. The van der Waals surface area contributed by atoms with Crippen LogP contribution in [0, 0.1) is 11.3 Å². The van der Waals surface area contributed by atoms with Crippen molar-refractivity contribution in [1.29, 1.82) is 5.26 Å². The Bertz CT molecular complexity index is 1380. The van der Waals surface area contributed by atoms with Crippen molar-refractivity contribution >= 4 is 27.7 Å².